The molecule has 1 aromatic rings. The summed E-state index contributed by atoms with van der Waals surface area (Å²) in [6, 6.07) is 3.95. The van der Waals surface area contributed by atoms with Crippen LogP contribution in [0, 0.1) is 5.92 Å². The van der Waals surface area contributed by atoms with Gasteiger partial charge in [0.15, 0.2) is 0 Å². The Kier molecular flexibility index (Phi) is 6.79. The minimum Gasteiger partial charge on any atom is -0.310 e. The van der Waals surface area contributed by atoms with Gasteiger partial charge in [-0.25, -0.2) is 0 Å². The zero-order valence-corrected chi connectivity index (χ0v) is 13.3. The molecule has 0 bridgehead atoms. The topological polar surface area (TPSA) is 12.0 Å². The highest BCUT2D eigenvalue weighted by Gasteiger charge is 2.11. The molecule has 0 saturated carbocycles. The van der Waals surface area contributed by atoms with E-state index in [1.54, 1.807) is 12.1 Å². The molecule has 1 rings (SSSR count). The Balaban J connectivity index is 2.55. The molecule has 0 aliphatic rings. The van der Waals surface area contributed by atoms with Gasteiger partial charge in [0.2, 0.25) is 0 Å². The average molecular weight is 309 g/mol. The highest BCUT2D eigenvalue weighted by molar-refractivity contribution is 6.44. The zero-order valence-electron chi connectivity index (χ0n) is 11.1. The number of hydrogen-bond acceptors (Lipinski definition) is 1. The second kappa shape index (κ2) is 7.59. The van der Waals surface area contributed by atoms with Crippen molar-refractivity contribution in [2.75, 3.05) is 0 Å². The molecule has 0 heterocycles. The van der Waals surface area contributed by atoms with E-state index in [0.29, 0.717) is 27.7 Å². The van der Waals surface area contributed by atoms with Crippen molar-refractivity contribution in [3.05, 3.63) is 32.8 Å². The third-order valence-electron chi connectivity index (χ3n) is 2.94. The summed E-state index contributed by atoms with van der Waals surface area (Å²) in [6.07, 6.45) is 2.36. The second-order valence-electron chi connectivity index (χ2n) is 5.07. The minimum absolute atomic E-state index is 0.443. The molecule has 1 atom stereocenters. The van der Waals surface area contributed by atoms with Crippen LogP contribution in [0.4, 0.5) is 0 Å². The van der Waals surface area contributed by atoms with Gasteiger partial charge in [0.1, 0.15) is 0 Å². The molecule has 102 valence electrons. The van der Waals surface area contributed by atoms with Crippen molar-refractivity contribution >= 4 is 34.8 Å². The molecule has 0 fully saturated rings. The van der Waals surface area contributed by atoms with Gasteiger partial charge in [-0.3, -0.25) is 0 Å². The summed E-state index contributed by atoms with van der Waals surface area (Å²) in [5.41, 5.74) is 0.877. The number of rotatable bonds is 6. The van der Waals surface area contributed by atoms with Gasteiger partial charge in [-0.15, -0.1) is 0 Å². The molecule has 18 heavy (non-hydrogen) atoms. The van der Waals surface area contributed by atoms with Crippen molar-refractivity contribution in [3.8, 4) is 0 Å². The molecule has 0 aliphatic heterocycles. The van der Waals surface area contributed by atoms with Crippen LogP contribution in [0.1, 0.15) is 39.2 Å². The van der Waals surface area contributed by atoms with E-state index in [2.05, 4.69) is 26.1 Å². The van der Waals surface area contributed by atoms with Crippen LogP contribution in [0.3, 0.4) is 0 Å². The third-order valence-corrected chi connectivity index (χ3v) is 4.14. The van der Waals surface area contributed by atoms with Gasteiger partial charge in [0.05, 0.1) is 10.0 Å². The van der Waals surface area contributed by atoms with Crippen LogP contribution in [0.25, 0.3) is 0 Å². The summed E-state index contributed by atoms with van der Waals surface area (Å²) >= 11 is 18.3. The van der Waals surface area contributed by atoms with Gasteiger partial charge < -0.3 is 5.32 Å². The number of benzene rings is 1. The molecule has 0 amide bonds. The predicted octanol–water partition coefficient (Wildman–Crippen LogP) is 5.56. The molecule has 1 unspecified atom stereocenters. The Labute approximate surface area is 125 Å². The van der Waals surface area contributed by atoms with Gasteiger partial charge in [0.25, 0.3) is 0 Å². The zero-order chi connectivity index (χ0) is 13.7. The monoisotopic (exact) mass is 307 g/mol. The van der Waals surface area contributed by atoms with E-state index in [0.717, 1.165) is 17.9 Å². The summed E-state index contributed by atoms with van der Waals surface area (Å²) in [4.78, 5) is 0. The van der Waals surface area contributed by atoms with E-state index >= 15 is 0 Å². The highest BCUT2D eigenvalue weighted by Crippen LogP contribution is 2.31. The van der Waals surface area contributed by atoms with Crippen LogP contribution in [-0.2, 0) is 6.54 Å². The van der Waals surface area contributed by atoms with Crippen LogP contribution in [-0.4, -0.2) is 6.04 Å². The number of hydrogen-bond donors (Lipinski definition) is 1. The standard InChI is InChI=1S/C14H20Cl3N/c1-9(2)4-5-10(3)18-8-11-12(15)6-7-13(16)14(11)17/h6-7,9-10,18H,4-5,8H2,1-3H3. The lowest BCUT2D eigenvalue weighted by Gasteiger charge is -2.16. The quantitative estimate of drug-likeness (QED) is 0.678. The highest BCUT2D eigenvalue weighted by atomic mass is 35.5. The van der Waals surface area contributed by atoms with Crippen molar-refractivity contribution in [2.45, 2.75) is 46.2 Å². The fourth-order valence-electron chi connectivity index (χ4n) is 1.69. The largest absolute Gasteiger partial charge is 0.310 e. The Morgan fingerprint density at radius 3 is 2.22 bits per heavy atom. The van der Waals surface area contributed by atoms with Gasteiger partial charge in [-0.2, -0.15) is 0 Å². The molecule has 1 aromatic carbocycles. The molecule has 0 saturated heterocycles. The van der Waals surface area contributed by atoms with Crippen LogP contribution in [0.2, 0.25) is 15.1 Å². The fraction of sp³-hybridized carbons (Fsp3) is 0.571. The maximum Gasteiger partial charge on any atom is 0.0652 e. The predicted molar refractivity (Wildman–Crippen MR) is 81.8 cm³/mol. The fourth-order valence-corrected chi connectivity index (χ4v) is 2.37. The van der Waals surface area contributed by atoms with Gasteiger partial charge in [-0.05, 0) is 37.8 Å². The maximum absolute atomic E-state index is 6.15. The van der Waals surface area contributed by atoms with Crippen LogP contribution >= 0.6 is 34.8 Å². The van der Waals surface area contributed by atoms with E-state index in [-0.39, 0.29) is 0 Å². The number of halogens is 3. The normalized spacial score (nSPS) is 13.1. The summed E-state index contributed by atoms with van der Waals surface area (Å²) < 4.78 is 0. The first-order valence-electron chi connectivity index (χ1n) is 6.27. The average Bonchev–Trinajstić information content (AvgIpc) is 2.31. The SMILES string of the molecule is CC(C)CCC(C)NCc1c(Cl)ccc(Cl)c1Cl. The summed E-state index contributed by atoms with van der Waals surface area (Å²) in [5, 5.41) is 5.19. The summed E-state index contributed by atoms with van der Waals surface area (Å²) in [6.45, 7) is 7.29. The van der Waals surface area contributed by atoms with Crippen molar-refractivity contribution in [1.82, 2.24) is 5.32 Å². The Bertz CT molecular complexity index is 391. The number of nitrogens with one attached hydrogen (secondary N) is 1. The van der Waals surface area contributed by atoms with E-state index in [1.165, 1.54) is 6.42 Å². The summed E-state index contributed by atoms with van der Waals surface area (Å²) in [7, 11) is 0. The first-order valence-corrected chi connectivity index (χ1v) is 7.41. The molecule has 1 N–H and O–H groups in total. The Morgan fingerprint density at radius 1 is 1.00 bits per heavy atom. The molecule has 0 radical (unpaired) electrons. The molecule has 1 nitrogen and oxygen atoms in total. The first kappa shape index (κ1) is 16.1. The molecule has 0 aliphatic carbocycles. The third kappa shape index (κ3) is 4.97. The Hall–Kier alpha value is 0.0500. The summed E-state index contributed by atoms with van der Waals surface area (Å²) in [5.74, 6) is 0.729. The van der Waals surface area contributed by atoms with Crippen molar-refractivity contribution in [2.24, 2.45) is 5.92 Å². The van der Waals surface area contributed by atoms with Gasteiger partial charge in [0, 0.05) is 23.2 Å². The minimum atomic E-state index is 0.443. The smallest absolute Gasteiger partial charge is 0.0652 e. The van der Waals surface area contributed by atoms with Gasteiger partial charge in [-0.1, -0.05) is 48.7 Å². The van der Waals surface area contributed by atoms with Crippen LogP contribution in [0.5, 0.6) is 0 Å². The van der Waals surface area contributed by atoms with Crippen LogP contribution < -0.4 is 5.32 Å². The van der Waals surface area contributed by atoms with Crippen molar-refractivity contribution in [3.63, 3.8) is 0 Å². The van der Waals surface area contributed by atoms with E-state index < -0.39 is 0 Å². The van der Waals surface area contributed by atoms with Gasteiger partial charge >= 0.3 is 0 Å². The molecule has 0 aromatic heterocycles. The lowest BCUT2D eigenvalue weighted by Crippen LogP contribution is -2.26. The second-order valence-corrected chi connectivity index (χ2v) is 6.27. The van der Waals surface area contributed by atoms with E-state index in [4.69, 9.17) is 34.8 Å². The molecular weight excluding hydrogens is 289 g/mol. The lowest BCUT2D eigenvalue weighted by molar-refractivity contribution is 0.451. The van der Waals surface area contributed by atoms with E-state index in [1.807, 2.05) is 0 Å². The first-order chi connectivity index (χ1) is 8.41. The van der Waals surface area contributed by atoms with Crippen molar-refractivity contribution < 1.29 is 0 Å². The maximum atomic E-state index is 6.15. The lowest BCUT2D eigenvalue weighted by atomic mass is 10.0. The molecule has 4 heteroatoms. The molecule has 0 spiro atoms. The molecular formula is C14H20Cl3N. The van der Waals surface area contributed by atoms with Crippen LogP contribution in [0.15, 0.2) is 12.1 Å². The Morgan fingerprint density at radius 2 is 1.61 bits per heavy atom. The van der Waals surface area contributed by atoms with Crippen molar-refractivity contribution in [1.29, 1.82) is 0 Å². The van der Waals surface area contributed by atoms with E-state index in [9.17, 15) is 0 Å².